The molecule has 0 radical (unpaired) electrons. The molecule has 0 spiro atoms. The number of hydrogen-bond donors (Lipinski definition) is 0. The lowest BCUT2D eigenvalue weighted by Gasteiger charge is -2.11. The lowest BCUT2D eigenvalue weighted by molar-refractivity contribution is 0.0733. The number of ketones is 1. The second-order valence-electron chi connectivity index (χ2n) is 7.22. The van der Waals surface area contributed by atoms with Gasteiger partial charge in [0.1, 0.15) is 5.75 Å². The molecule has 3 aromatic rings. The summed E-state index contributed by atoms with van der Waals surface area (Å²) in [5.74, 6) is 0.0831. The van der Waals surface area contributed by atoms with Crippen molar-refractivity contribution < 1.29 is 14.3 Å². The number of carbonyl (C=O) groups is 2. The third-order valence-corrected chi connectivity index (χ3v) is 4.95. The van der Waals surface area contributed by atoms with Gasteiger partial charge in [0.05, 0.1) is 5.56 Å². The molecular weight excluding hydrogens is 348 g/mol. The average molecular weight is 372 g/mol. The molecule has 0 amide bonds. The van der Waals surface area contributed by atoms with E-state index in [1.807, 2.05) is 19.1 Å². The van der Waals surface area contributed by atoms with Crippen molar-refractivity contribution in [3.63, 3.8) is 0 Å². The fourth-order valence-corrected chi connectivity index (χ4v) is 3.08. The Hall–Kier alpha value is -3.20. The quantitative estimate of drug-likeness (QED) is 0.331. The van der Waals surface area contributed by atoms with Gasteiger partial charge in [0, 0.05) is 5.56 Å². The molecule has 0 unspecified atom stereocenters. The maximum Gasteiger partial charge on any atom is 0.343 e. The highest BCUT2D eigenvalue weighted by Gasteiger charge is 2.12. The first-order valence-corrected chi connectivity index (χ1v) is 9.32. The summed E-state index contributed by atoms with van der Waals surface area (Å²) in [4.78, 5) is 23.7. The van der Waals surface area contributed by atoms with Crippen LogP contribution in [0.25, 0.3) is 0 Å². The van der Waals surface area contributed by atoms with Gasteiger partial charge in [-0.05, 0) is 80.1 Å². The van der Waals surface area contributed by atoms with Crippen LogP contribution in [0.4, 0.5) is 0 Å². The van der Waals surface area contributed by atoms with Gasteiger partial charge in [-0.25, -0.2) is 4.79 Å². The fraction of sp³-hybridized carbons (Fsp3) is 0.200. The van der Waals surface area contributed by atoms with E-state index in [4.69, 9.17) is 4.74 Å². The van der Waals surface area contributed by atoms with E-state index in [0.29, 0.717) is 16.9 Å². The monoisotopic (exact) mass is 372 g/mol. The lowest BCUT2D eigenvalue weighted by atomic mass is 9.99. The molecule has 3 aromatic carbocycles. The largest absolute Gasteiger partial charge is 0.423 e. The number of benzene rings is 3. The van der Waals surface area contributed by atoms with Gasteiger partial charge in [-0.15, -0.1) is 0 Å². The maximum absolute atomic E-state index is 12.4. The third kappa shape index (κ3) is 4.55. The topological polar surface area (TPSA) is 43.4 Å². The molecule has 28 heavy (non-hydrogen) atoms. The molecule has 3 heteroatoms. The highest BCUT2D eigenvalue weighted by Crippen LogP contribution is 2.23. The van der Waals surface area contributed by atoms with E-state index in [1.165, 1.54) is 29.2 Å². The molecule has 0 N–H and O–H groups in total. The number of rotatable bonds is 5. The zero-order valence-corrected chi connectivity index (χ0v) is 16.7. The Morgan fingerprint density at radius 3 is 1.86 bits per heavy atom. The van der Waals surface area contributed by atoms with E-state index in [0.717, 1.165) is 12.0 Å². The minimum Gasteiger partial charge on any atom is -0.423 e. The van der Waals surface area contributed by atoms with Crippen LogP contribution in [0.1, 0.15) is 55.5 Å². The van der Waals surface area contributed by atoms with Crippen LogP contribution in [0.3, 0.4) is 0 Å². The van der Waals surface area contributed by atoms with Crippen LogP contribution in [-0.4, -0.2) is 11.8 Å². The minimum atomic E-state index is -0.430. The number of carbonyl (C=O) groups excluding carboxylic acids is 2. The van der Waals surface area contributed by atoms with Gasteiger partial charge in [-0.2, -0.15) is 0 Å². The molecule has 0 saturated carbocycles. The van der Waals surface area contributed by atoms with Gasteiger partial charge in [0.2, 0.25) is 0 Å². The predicted molar refractivity (Wildman–Crippen MR) is 111 cm³/mol. The standard InChI is InChI=1S/C25H24O3/c1-16-5-6-20(13-17(16)2)15-21-7-12-24(18(3)14-21)28-25(27)23-10-8-22(9-11-23)19(4)26/h5-14H,15H2,1-4H3. The van der Waals surface area contributed by atoms with Crippen molar-refractivity contribution >= 4 is 11.8 Å². The van der Waals surface area contributed by atoms with Crippen molar-refractivity contribution in [3.05, 3.63) is 99.6 Å². The van der Waals surface area contributed by atoms with Gasteiger partial charge < -0.3 is 4.74 Å². The summed E-state index contributed by atoms with van der Waals surface area (Å²) in [6.45, 7) is 7.66. The normalized spacial score (nSPS) is 10.6. The Morgan fingerprint density at radius 1 is 0.714 bits per heavy atom. The molecule has 0 aromatic heterocycles. The SMILES string of the molecule is CC(=O)c1ccc(C(=O)Oc2ccc(Cc3ccc(C)c(C)c3)cc2C)cc1. The zero-order chi connectivity index (χ0) is 20.3. The number of aryl methyl sites for hydroxylation is 3. The average Bonchev–Trinajstić information content (AvgIpc) is 2.67. The van der Waals surface area contributed by atoms with Crippen LogP contribution < -0.4 is 4.74 Å². The molecule has 0 aliphatic rings. The van der Waals surface area contributed by atoms with Crippen LogP contribution in [0.5, 0.6) is 5.75 Å². The second kappa shape index (κ2) is 8.22. The zero-order valence-electron chi connectivity index (χ0n) is 16.7. The van der Waals surface area contributed by atoms with Crippen molar-refractivity contribution in [2.75, 3.05) is 0 Å². The fourth-order valence-electron chi connectivity index (χ4n) is 3.08. The molecule has 3 rings (SSSR count). The van der Waals surface area contributed by atoms with E-state index in [9.17, 15) is 9.59 Å². The van der Waals surface area contributed by atoms with E-state index < -0.39 is 5.97 Å². The molecular formula is C25H24O3. The number of ether oxygens (including phenoxy) is 1. The molecule has 0 atom stereocenters. The second-order valence-corrected chi connectivity index (χ2v) is 7.22. The summed E-state index contributed by atoms with van der Waals surface area (Å²) in [5.41, 5.74) is 6.92. The van der Waals surface area contributed by atoms with Crippen molar-refractivity contribution in [1.29, 1.82) is 0 Å². The minimum absolute atomic E-state index is 0.0323. The Balaban J connectivity index is 1.72. The number of Topliss-reactive ketones (excluding diaryl/α,β-unsaturated/α-hetero) is 1. The summed E-state index contributed by atoms with van der Waals surface area (Å²) < 4.78 is 5.55. The van der Waals surface area contributed by atoms with Crippen LogP contribution in [0, 0.1) is 20.8 Å². The summed E-state index contributed by atoms with van der Waals surface area (Å²) >= 11 is 0. The van der Waals surface area contributed by atoms with E-state index in [-0.39, 0.29) is 5.78 Å². The smallest absolute Gasteiger partial charge is 0.343 e. The molecule has 0 bridgehead atoms. The first-order chi connectivity index (χ1) is 13.3. The first-order valence-electron chi connectivity index (χ1n) is 9.32. The van der Waals surface area contributed by atoms with Gasteiger partial charge in [0.25, 0.3) is 0 Å². The number of esters is 1. The summed E-state index contributed by atoms with van der Waals surface area (Å²) in [6, 6.07) is 18.9. The van der Waals surface area contributed by atoms with Gasteiger partial charge in [-0.1, -0.05) is 42.5 Å². The van der Waals surface area contributed by atoms with Crippen LogP contribution in [0.2, 0.25) is 0 Å². The van der Waals surface area contributed by atoms with Crippen molar-refractivity contribution in [3.8, 4) is 5.75 Å². The van der Waals surface area contributed by atoms with E-state index in [1.54, 1.807) is 24.3 Å². The van der Waals surface area contributed by atoms with Gasteiger partial charge in [-0.3, -0.25) is 4.79 Å². The molecule has 0 heterocycles. The molecule has 0 fully saturated rings. The van der Waals surface area contributed by atoms with Crippen molar-refractivity contribution in [2.45, 2.75) is 34.1 Å². The van der Waals surface area contributed by atoms with Gasteiger partial charge >= 0.3 is 5.97 Å². The number of hydrogen-bond acceptors (Lipinski definition) is 3. The lowest BCUT2D eigenvalue weighted by Crippen LogP contribution is -2.09. The van der Waals surface area contributed by atoms with E-state index >= 15 is 0 Å². The molecule has 0 saturated heterocycles. The third-order valence-electron chi connectivity index (χ3n) is 4.95. The summed E-state index contributed by atoms with van der Waals surface area (Å²) in [7, 11) is 0. The molecule has 0 aliphatic carbocycles. The van der Waals surface area contributed by atoms with E-state index in [2.05, 4.69) is 38.1 Å². The summed E-state index contributed by atoms with van der Waals surface area (Å²) in [5, 5.41) is 0. The Morgan fingerprint density at radius 2 is 1.29 bits per heavy atom. The molecule has 0 aliphatic heterocycles. The predicted octanol–water partition coefficient (Wildman–Crippen LogP) is 5.62. The Bertz CT molecular complexity index is 1030. The Labute approximate surface area is 166 Å². The summed E-state index contributed by atoms with van der Waals surface area (Å²) in [6.07, 6.45) is 0.836. The van der Waals surface area contributed by atoms with Crippen molar-refractivity contribution in [2.24, 2.45) is 0 Å². The molecule has 3 nitrogen and oxygen atoms in total. The van der Waals surface area contributed by atoms with Crippen LogP contribution in [-0.2, 0) is 6.42 Å². The van der Waals surface area contributed by atoms with Crippen LogP contribution >= 0.6 is 0 Å². The van der Waals surface area contributed by atoms with Gasteiger partial charge in [0.15, 0.2) is 5.78 Å². The highest BCUT2D eigenvalue weighted by molar-refractivity contribution is 5.96. The first kappa shape index (κ1) is 19.6. The maximum atomic E-state index is 12.4. The highest BCUT2D eigenvalue weighted by atomic mass is 16.5. The molecule has 142 valence electrons. The van der Waals surface area contributed by atoms with Crippen molar-refractivity contribution in [1.82, 2.24) is 0 Å². The Kier molecular flexibility index (Phi) is 5.74. The van der Waals surface area contributed by atoms with Crippen LogP contribution in [0.15, 0.2) is 60.7 Å².